The molecule has 0 saturated carbocycles. The van der Waals surface area contributed by atoms with Crippen LogP contribution in [0.3, 0.4) is 0 Å². The summed E-state index contributed by atoms with van der Waals surface area (Å²) in [6, 6.07) is 1.49. The fourth-order valence-electron chi connectivity index (χ4n) is 1.55. The van der Waals surface area contributed by atoms with Crippen molar-refractivity contribution in [2.24, 2.45) is 0 Å². The third-order valence-electron chi connectivity index (χ3n) is 2.22. The molecule has 0 radical (unpaired) electrons. The molecule has 0 amide bonds. The van der Waals surface area contributed by atoms with Crippen LogP contribution in [0.1, 0.15) is 15.9 Å². The summed E-state index contributed by atoms with van der Waals surface area (Å²) in [6.45, 7) is 1.74. The van der Waals surface area contributed by atoms with Crippen LogP contribution in [-0.4, -0.2) is 32.4 Å². The topological polar surface area (TPSA) is 65.0 Å². The molecule has 1 N–H and O–H groups in total. The lowest BCUT2D eigenvalue weighted by atomic mass is 10.1. The highest BCUT2D eigenvalue weighted by Crippen LogP contribution is 2.42. The second-order valence-electron chi connectivity index (χ2n) is 3.15. The van der Waals surface area contributed by atoms with Crippen molar-refractivity contribution in [1.29, 1.82) is 0 Å². The van der Waals surface area contributed by atoms with E-state index in [1.165, 1.54) is 27.4 Å². The lowest BCUT2D eigenvalue weighted by molar-refractivity contribution is 0.0692. The van der Waals surface area contributed by atoms with Crippen LogP contribution in [0.15, 0.2) is 6.07 Å². The Hall–Kier alpha value is -1.91. The van der Waals surface area contributed by atoms with Gasteiger partial charge in [-0.05, 0) is 18.6 Å². The van der Waals surface area contributed by atoms with E-state index in [0.29, 0.717) is 17.1 Å². The summed E-state index contributed by atoms with van der Waals surface area (Å²) in [5.74, 6) is -0.134. The molecule has 1 aromatic rings. The van der Waals surface area contributed by atoms with Crippen molar-refractivity contribution < 1.29 is 24.1 Å². The summed E-state index contributed by atoms with van der Waals surface area (Å²) in [6.07, 6.45) is 0. The van der Waals surface area contributed by atoms with E-state index < -0.39 is 5.97 Å². The van der Waals surface area contributed by atoms with E-state index >= 15 is 0 Å². The van der Waals surface area contributed by atoms with Crippen molar-refractivity contribution in [3.8, 4) is 17.2 Å². The zero-order chi connectivity index (χ0) is 12.3. The fourth-order valence-corrected chi connectivity index (χ4v) is 1.55. The lowest BCUT2D eigenvalue weighted by Gasteiger charge is -2.16. The largest absolute Gasteiger partial charge is 0.492 e. The van der Waals surface area contributed by atoms with Crippen LogP contribution in [0.2, 0.25) is 0 Å². The molecule has 0 saturated heterocycles. The quantitative estimate of drug-likeness (QED) is 0.846. The van der Waals surface area contributed by atoms with E-state index in [1.54, 1.807) is 6.92 Å². The molecule has 88 valence electrons. The Balaban J connectivity index is 3.56. The average Bonchev–Trinajstić information content (AvgIpc) is 2.27. The molecule has 0 heterocycles. The molecule has 0 aliphatic heterocycles. The Morgan fingerprint density at radius 3 is 1.94 bits per heavy atom. The molecule has 0 spiro atoms. The standard InChI is InChI=1S/C11H14O5/c1-6-5-7(11(12)13)9(15-3)10(16-4)8(6)14-2/h5H,1-4H3,(H,12,13). The second kappa shape index (κ2) is 4.74. The van der Waals surface area contributed by atoms with Gasteiger partial charge < -0.3 is 19.3 Å². The first-order valence-corrected chi connectivity index (χ1v) is 4.59. The number of carbonyl (C=O) groups is 1. The van der Waals surface area contributed by atoms with Crippen LogP contribution in [0.5, 0.6) is 17.2 Å². The SMILES string of the molecule is COc1c(C)cc(C(=O)O)c(OC)c1OC. The molecule has 1 rings (SSSR count). The molecular formula is C11H14O5. The highest BCUT2D eigenvalue weighted by molar-refractivity contribution is 5.93. The summed E-state index contributed by atoms with van der Waals surface area (Å²) in [7, 11) is 4.31. The molecule has 0 fully saturated rings. The van der Waals surface area contributed by atoms with E-state index in [2.05, 4.69) is 0 Å². The number of ether oxygens (including phenoxy) is 3. The van der Waals surface area contributed by atoms with Crippen molar-refractivity contribution in [3.63, 3.8) is 0 Å². The number of benzene rings is 1. The van der Waals surface area contributed by atoms with Crippen LogP contribution in [-0.2, 0) is 0 Å². The maximum atomic E-state index is 11.0. The molecule has 0 atom stereocenters. The van der Waals surface area contributed by atoms with Crippen LogP contribution in [0.4, 0.5) is 0 Å². The van der Waals surface area contributed by atoms with Crippen LogP contribution >= 0.6 is 0 Å². The Morgan fingerprint density at radius 1 is 1.06 bits per heavy atom. The van der Waals surface area contributed by atoms with Gasteiger partial charge in [-0.1, -0.05) is 0 Å². The van der Waals surface area contributed by atoms with Gasteiger partial charge in [0.1, 0.15) is 5.56 Å². The van der Waals surface area contributed by atoms with Crippen molar-refractivity contribution in [1.82, 2.24) is 0 Å². The van der Waals surface area contributed by atoms with Gasteiger partial charge in [-0.2, -0.15) is 0 Å². The number of hydrogen-bond acceptors (Lipinski definition) is 4. The molecule has 0 bridgehead atoms. The van der Waals surface area contributed by atoms with Gasteiger partial charge in [0.2, 0.25) is 5.75 Å². The minimum atomic E-state index is -1.07. The first-order valence-electron chi connectivity index (χ1n) is 4.59. The zero-order valence-electron chi connectivity index (χ0n) is 9.66. The predicted octanol–water partition coefficient (Wildman–Crippen LogP) is 1.72. The van der Waals surface area contributed by atoms with Gasteiger partial charge in [0.05, 0.1) is 21.3 Å². The molecule has 5 nitrogen and oxygen atoms in total. The number of aryl methyl sites for hydroxylation is 1. The average molecular weight is 226 g/mol. The number of carboxylic acids is 1. The molecule has 1 aromatic carbocycles. The maximum Gasteiger partial charge on any atom is 0.339 e. The van der Waals surface area contributed by atoms with E-state index in [9.17, 15) is 4.79 Å². The second-order valence-corrected chi connectivity index (χ2v) is 3.15. The minimum Gasteiger partial charge on any atom is -0.492 e. The monoisotopic (exact) mass is 226 g/mol. The van der Waals surface area contributed by atoms with Crippen LogP contribution in [0, 0.1) is 6.92 Å². The van der Waals surface area contributed by atoms with Crippen molar-refractivity contribution in [2.45, 2.75) is 6.92 Å². The van der Waals surface area contributed by atoms with Gasteiger partial charge in [0.15, 0.2) is 11.5 Å². The Morgan fingerprint density at radius 2 is 1.56 bits per heavy atom. The summed E-state index contributed by atoms with van der Waals surface area (Å²) in [5, 5.41) is 9.03. The van der Waals surface area contributed by atoms with E-state index in [-0.39, 0.29) is 11.3 Å². The first kappa shape index (κ1) is 12.2. The molecule has 16 heavy (non-hydrogen) atoms. The zero-order valence-corrected chi connectivity index (χ0v) is 9.66. The molecule has 5 heteroatoms. The highest BCUT2D eigenvalue weighted by atomic mass is 16.5. The van der Waals surface area contributed by atoms with E-state index in [4.69, 9.17) is 19.3 Å². The Labute approximate surface area is 93.6 Å². The van der Waals surface area contributed by atoms with Gasteiger partial charge in [-0.3, -0.25) is 0 Å². The smallest absolute Gasteiger partial charge is 0.339 e. The molecule has 0 aromatic heterocycles. The fraction of sp³-hybridized carbons (Fsp3) is 0.364. The van der Waals surface area contributed by atoms with Gasteiger partial charge in [-0.25, -0.2) is 4.79 Å². The third kappa shape index (κ3) is 1.88. The highest BCUT2D eigenvalue weighted by Gasteiger charge is 2.22. The number of rotatable bonds is 4. The first-order chi connectivity index (χ1) is 7.56. The van der Waals surface area contributed by atoms with Gasteiger partial charge in [0.25, 0.3) is 0 Å². The van der Waals surface area contributed by atoms with E-state index in [0.717, 1.165) is 0 Å². The normalized spacial score (nSPS) is 9.75. The molecule has 0 unspecified atom stereocenters. The minimum absolute atomic E-state index is 0.0534. The van der Waals surface area contributed by atoms with Crippen molar-refractivity contribution in [3.05, 3.63) is 17.2 Å². The Kier molecular flexibility index (Phi) is 3.60. The lowest BCUT2D eigenvalue weighted by Crippen LogP contribution is -2.05. The number of methoxy groups -OCH3 is 3. The van der Waals surface area contributed by atoms with E-state index in [1.807, 2.05) is 0 Å². The molecule has 0 aliphatic carbocycles. The third-order valence-corrected chi connectivity index (χ3v) is 2.22. The van der Waals surface area contributed by atoms with Crippen molar-refractivity contribution in [2.75, 3.05) is 21.3 Å². The maximum absolute atomic E-state index is 11.0. The van der Waals surface area contributed by atoms with Crippen LogP contribution < -0.4 is 14.2 Å². The summed E-state index contributed by atoms with van der Waals surface area (Å²) in [5.41, 5.74) is 0.732. The number of hydrogen-bond donors (Lipinski definition) is 1. The van der Waals surface area contributed by atoms with Crippen molar-refractivity contribution >= 4 is 5.97 Å². The van der Waals surface area contributed by atoms with Gasteiger partial charge in [0, 0.05) is 0 Å². The molecular weight excluding hydrogens is 212 g/mol. The molecule has 0 aliphatic rings. The number of carboxylic acid groups (broad SMARTS) is 1. The van der Waals surface area contributed by atoms with Gasteiger partial charge in [-0.15, -0.1) is 0 Å². The van der Waals surface area contributed by atoms with Crippen LogP contribution in [0.25, 0.3) is 0 Å². The summed E-state index contributed by atoms with van der Waals surface area (Å²) in [4.78, 5) is 11.0. The number of aromatic carboxylic acids is 1. The Bertz CT molecular complexity index is 411. The summed E-state index contributed by atoms with van der Waals surface area (Å²) >= 11 is 0. The predicted molar refractivity (Wildman–Crippen MR) is 57.8 cm³/mol. The van der Waals surface area contributed by atoms with Gasteiger partial charge >= 0.3 is 5.97 Å². The summed E-state index contributed by atoms with van der Waals surface area (Å²) < 4.78 is 15.3.